The van der Waals surface area contributed by atoms with Gasteiger partial charge in [-0.2, -0.15) is 0 Å². The van der Waals surface area contributed by atoms with Gasteiger partial charge in [0.25, 0.3) is 0 Å². The highest BCUT2D eigenvalue weighted by Gasteiger charge is 2.16. The summed E-state index contributed by atoms with van der Waals surface area (Å²) in [6.45, 7) is 0. The summed E-state index contributed by atoms with van der Waals surface area (Å²) in [6, 6.07) is 66.9. The fourth-order valence-electron chi connectivity index (χ4n) is 6.87. The van der Waals surface area contributed by atoms with E-state index >= 15 is 0 Å². The van der Waals surface area contributed by atoms with Gasteiger partial charge in [0.15, 0.2) is 0 Å². The number of benzene rings is 8. The van der Waals surface area contributed by atoms with Crippen LogP contribution in [0.5, 0.6) is 0 Å². The molecule has 2 nitrogen and oxygen atoms in total. The molecule has 2 heteroatoms. The van der Waals surface area contributed by atoms with Gasteiger partial charge in [-0.05, 0) is 92.7 Å². The molecular weight excluding hydrogens is 583 g/mol. The molecule has 0 bridgehead atoms. The van der Waals surface area contributed by atoms with E-state index in [9.17, 15) is 0 Å². The van der Waals surface area contributed by atoms with Crippen molar-refractivity contribution in [3.8, 4) is 33.4 Å². The second kappa shape index (κ2) is 11.8. The fourth-order valence-corrected chi connectivity index (χ4v) is 6.87. The van der Waals surface area contributed by atoms with Crippen LogP contribution in [-0.2, 0) is 0 Å². The molecule has 0 aliphatic rings. The maximum atomic E-state index is 6.31. The summed E-state index contributed by atoms with van der Waals surface area (Å²) in [7, 11) is 0. The van der Waals surface area contributed by atoms with Gasteiger partial charge in [-0.25, -0.2) is 0 Å². The van der Waals surface area contributed by atoms with E-state index in [-0.39, 0.29) is 0 Å². The number of para-hydroxylation sites is 1. The SMILES string of the molecule is c1ccc(-c2ccc(N(c3ccc(-c4ccc5c(-c6ccccc6)cccc5c4)cc3)c3ccc4c(c3)oc3ccccc34)cc2)cc1. The summed E-state index contributed by atoms with van der Waals surface area (Å²) in [5.74, 6) is 0. The Labute approximate surface area is 279 Å². The first-order chi connectivity index (χ1) is 23.8. The molecule has 48 heavy (non-hydrogen) atoms. The maximum absolute atomic E-state index is 6.31. The first-order valence-corrected chi connectivity index (χ1v) is 16.3. The minimum atomic E-state index is 0.877. The Balaban J connectivity index is 1.11. The number of anilines is 3. The molecule has 0 fully saturated rings. The lowest BCUT2D eigenvalue weighted by Crippen LogP contribution is -2.09. The summed E-state index contributed by atoms with van der Waals surface area (Å²) < 4.78 is 6.31. The van der Waals surface area contributed by atoms with E-state index in [4.69, 9.17) is 4.42 Å². The van der Waals surface area contributed by atoms with Crippen molar-refractivity contribution in [3.05, 3.63) is 188 Å². The van der Waals surface area contributed by atoms with Gasteiger partial charge >= 0.3 is 0 Å². The van der Waals surface area contributed by atoms with Crippen molar-refractivity contribution in [2.45, 2.75) is 0 Å². The van der Waals surface area contributed by atoms with Crippen LogP contribution in [0.3, 0.4) is 0 Å². The van der Waals surface area contributed by atoms with Gasteiger partial charge in [0, 0.05) is 33.9 Å². The van der Waals surface area contributed by atoms with E-state index < -0.39 is 0 Å². The second-order valence-electron chi connectivity index (χ2n) is 12.2. The summed E-state index contributed by atoms with van der Waals surface area (Å²) in [4.78, 5) is 2.30. The fraction of sp³-hybridized carbons (Fsp3) is 0. The number of hydrogen-bond acceptors (Lipinski definition) is 2. The van der Waals surface area contributed by atoms with Crippen molar-refractivity contribution in [3.63, 3.8) is 0 Å². The van der Waals surface area contributed by atoms with Gasteiger partial charge in [0.2, 0.25) is 0 Å². The zero-order valence-electron chi connectivity index (χ0n) is 26.3. The average molecular weight is 614 g/mol. The van der Waals surface area contributed by atoms with E-state index in [0.29, 0.717) is 0 Å². The van der Waals surface area contributed by atoms with Crippen LogP contribution in [0.4, 0.5) is 17.1 Å². The molecule has 8 aromatic carbocycles. The number of nitrogens with zero attached hydrogens (tertiary/aromatic N) is 1. The highest BCUT2D eigenvalue weighted by molar-refractivity contribution is 6.06. The molecule has 0 unspecified atom stereocenters. The highest BCUT2D eigenvalue weighted by Crippen LogP contribution is 2.40. The van der Waals surface area contributed by atoms with Crippen LogP contribution in [0.25, 0.3) is 66.1 Å². The van der Waals surface area contributed by atoms with E-state index in [2.05, 4.69) is 181 Å². The lowest BCUT2D eigenvalue weighted by Gasteiger charge is -2.26. The lowest BCUT2D eigenvalue weighted by atomic mass is 9.95. The van der Waals surface area contributed by atoms with E-state index in [1.54, 1.807) is 0 Å². The first kappa shape index (κ1) is 27.9. The van der Waals surface area contributed by atoms with Crippen molar-refractivity contribution in [1.29, 1.82) is 0 Å². The normalized spacial score (nSPS) is 11.3. The lowest BCUT2D eigenvalue weighted by molar-refractivity contribution is 0.669. The third-order valence-corrected chi connectivity index (χ3v) is 9.28. The van der Waals surface area contributed by atoms with E-state index in [1.807, 2.05) is 12.1 Å². The molecule has 1 heterocycles. The predicted octanol–water partition coefficient (Wildman–Crippen LogP) is 13.2. The van der Waals surface area contributed by atoms with Gasteiger partial charge in [-0.1, -0.05) is 133 Å². The number of fused-ring (bicyclic) bond motifs is 4. The molecule has 0 radical (unpaired) electrons. The monoisotopic (exact) mass is 613 g/mol. The van der Waals surface area contributed by atoms with Crippen LogP contribution < -0.4 is 4.90 Å². The summed E-state index contributed by atoms with van der Waals surface area (Å²) >= 11 is 0. The van der Waals surface area contributed by atoms with Crippen LogP contribution >= 0.6 is 0 Å². The molecule has 0 spiro atoms. The Morgan fingerprint density at radius 3 is 1.58 bits per heavy atom. The summed E-state index contributed by atoms with van der Waals surface area (Å²) in [5.41, 5.74) is 12.2. The molecule has 9 rings (SSSR count). The molecule has 9 aromatic rings. The van der Waals surface area contributed by atoms with Gasteiger partial charge in [0.05, 0.1) is 0 Å². The van der Waals surface area contributed by atoms with Crippen LogP contribution in [0.1, 0.15) is 0 Å². The van der Waals surface area contributed by atoms with Crippen molar-refractivity contribution in [2.75, 3.05) is 4.90 Å². The quantitative estimate of drug-likeness (QED) is 0.185. The number of rotatable bonds is 6. The zero-order valence-corrected chi connectivity index (χ0v) is 26.3. The van der Waals surface area contributed by atoms with Gasteiger partial charge in [0.1, 0.15) is 11.2 Å². The Morgan fingerprint density at radius 1 is 0.312 bits per heavy atom. The Morgan fingerprint density at radius 2 is 0.854 bits per heavy atom. The summed E-state index contributed by atoms with van der Waals surface area (Å²) in [5, 5.41) is 4.75. The molecule has 0 N–H and O–H groups in total. The minimum Gasteiger partial charge on any atom is -0.456 e. The number of furan rings is 1. The van der Waals surface area contributed by atoms with E-state index in [0.717, 1.165) is 39.0 Å². The largest absolute Gasteiger partial charge is 0.456 e. The average Bonchev–Trinajstić information content (AvgIpc) is 3.54. The van der Waals surface area contributed by atoms with Crippen molar-refractivity contribution in [2.24, 2.45) is 0 Å². The highest BCUT2D eigenvalue weighted by atomic mass is 16.3. The molecule has 0 amide bonds. The predicted molar refractivity (Wildman–Crippen MR) is 202 cm³/mol. The molecule has 0 saturated carbocycles. The Kier molecular flexibility index (Phi) is 6.84. The first-order valence-electron chi connectivity index (χ1n) is 16.3. The molecule has 226 valence electrons. The molecule has 0 aliphatic heterocycles. The third-order valence-electron chi connectivity index (χ3n) is 9.28. The second-order valence-corrected chi connectivity index (χ2v) is 12.2. The third kappa shape index (κ3) is 5.01. The molecule has 0 saturated heterocycles. The van der Waals surface area contributed by atoms with Crippen LogP contribution in [-0.4, -0.2) is 0 Å². The van der Waals surface area contributed by atoms with Crippen LogP contribution in [0.2, 0.25) is 0 Å². The summed E-state index contributed by atoms with van der Waals surface area (Å²) in [6.07, 6.45) is 0. The standard InChI is InChI=1S/C46H31NO/c1-3-10-32(11-4-1)33-18-23-38(24-19-33)47(40-27-29-44-43-15-7-8-17-45(43)48-46(44)31-40)39-25-20-34(21-26-39)36-22-28-42-37(30-36)14-9-16-41(42)35-12-5-2-6-13-35/h1-31H. The molecule has 0 aliphatic carbocycles. The number of hydrogen-bond donors (Lipinski definition) is 0. The minimum absolute atomic E-state index is 0.877. The van der Waals surface area contributed by atoms with Gasteiger partial charge < -0.3 is 9.32 Å². The molecule has 0 atom stereocenters. The van der Waals surface area contributed by atoms with Crippen molar-refractivity contribution >= 4 is 49.8 Å². The molecular formula is C46H31NO. The van der Waals surface area contributed by atoms with Crippen LogP contribution in [0.15, 0.2) is 192 Å². The van der Waals surface area contributed by atoms with E-state index in [1.165, 1.54) is 44.2 Å². The molecule has 1 aromatic heterocycles. The Bertz CT molecular complexity index is 2530. The van der Waals surface area contributed by atoms with Crippen molar-refractivity contribution in [1.82, 2.24) is 0 Å². The zero-order chi connectivity index (χ0) is 31.9. The topological polar surface area (TPSA) is 16.4 Å². The van der Waals surface area contributed by atoms with Crippen LogP contribution in [0, 0.1) is 0 Å². The van der Waals surface area contributed by atoms with Gasteiger partial charge in [-0.3, -0.25) is 0 Å². The Hall–Kier alpha value is -6.38. The van der Waals surface area contributed by atoms with Gasteiger partial charge in [-0.15, -0.1) is 0 Å². The van der Waals surface area contributed by atoms with Crippen molar-refractivity contribution < 1.29 is 4.42 Å². The maximum Gasteiger partial charge on any atom is 0.137 e. The smallest absolute Gasteiger partial charge is 0.137 e.